The average molecular weight is 196 g/mol. The lowest BCUT2D eigenvalue weighted by Gasteiger charge is -2.26. The number of aliphatic hydroxyl groups is 1. The van der Waals surface area contributed by atoms with E-state index in [1.165, 1.54) is 0 Å². The minimum absolute atomic E-state index is 0.478. The molecule has 0 spiro atoms. The van der Waals surface area contributed by atoms with Crippen LogP contribution in [0.2, 0.25) is 0 Å². The highest BCUT2D eigenvalue weighted by Gasteiger charge is 2.46. The molecule has 0 fully saturated rings. The molecule has 0 aromatic rings. The monoisotopic (exact) mass is 196 g/mol. The topological polar surface area (TPSA) is 20.2 Å². The summed E-state index contributed by atoms with van der Waals surface area (Å²) in [5, 5.41) is 8.47. The number of rotatable bonds is 1. The zero-order valence-electron chi connectivity index (χ0n) is 6.82. The Bertz CT molecular complexity index is 280. The number of allylic oxidation sites excluding steroid dienone is 2. The van der Waals surface area contributed by atoms with Crippen molar-refractivity contribution in [3.05, 3.63) is 23.3 Å². The molecule has 2 atom stereocenters. The number of aliphatic hydroxyl groups excluding tert-OH is 1. The van der Waals surface area contributed by atoms with Gasteiger partial charge in [-0.3, -0.25) is 0 Å². The number of hydrogen-bond donors (Lipinski definition) is 1. The molecule has 1 N–H and O–H groups in total. The molecule has 0 amide bonds. The van der Waals surface area contributed by atoms with E-state index in [2.05, 4.69) is 0 Å². The molecule has 1 aliphatic carbocycles. The summed E-state index contributed by atoms with van der Waals surface area (Å²) in [4.78, 5) is 0. The fourth-order valence-electron chi connectivity index (χ4n) is 1.01. The van der Waals surface area contributed by atoms with Gasteiger partial charge < -0.3 is 5.11 Å². The molecule has 0 aromatic heterocycles. The third-order valence-electron chi connectivity index (χ3n) is 1.94. The molecule has 0 heterocycles. The first-order valence-corrected chi connectivity index (χ1v) is 3.61. The largest absolute Gasteiger partial charge is 0.392 e. The summed E-state index contributed by atoms with van der Waals surface area (Å²) in [6.45, 7) is -0.243. The van der Waals surface area contributed by atoms with Crippen molar-refractivity contribution >= 4 is 0 Å². The smallest absolute Gasteiger partial charge is 0.196 e. The summed E-state index contributed by atoms with van der Waals surface area (Å²) in [7, 11) is 0. The van der Waals surface area contributed by atoms with E-state index in [9.17, 15) is 17.6 Å². The van der Waals surface area contributed by atoms with Crippen LogP contribution in [0.15, 0.2) is 23.3 Å². The molecule has 0 bridgehead atoms. The molecule has 1 nitrogen and oxygen atoms in total. The van der Waals surface area contributed by atoms with Gasteiger partial charge in [0.25, 0.3) is 0 Å². The van der Waals surface area contributed by atoms with Gasteiger partial charge in [0.15, 0.2) is 11.8 Å². The molecule has 0 radical (unpaired) electrons. The lowest BCUT2D eigenvalue weighted by molar-refractivity contribution is 0.0810. The molecule has 0 saturated heterocycles. The van der Waals surface area contributed by atoms with E-state index < -0.39 is 35.7 Å². The Morgan fingerprint density at radius 2 is 2.08 bits per heavy atom. The quantitative estimate of drug-likeness (QED) is 0.637. The molecule has 74 valence electrons. The number of alkyl halides is 2. The van der Waals surface area contributed by atoms with Crippen LogP contribution in [0.25, 0.3) is 0 Å². The lowest BCUT2D eigenvalue weighted by Crippen LogP contribution is -2.36. The third-order valence-corrected chi connectivity index (χ3v) is 1.94. The van der Waals surface area contributed by atoms with Crippen molar-refractivity contribution in [3.63, 3.8) is 0 Å². The summed E-state index contributed by atoms with van der Waals surface area (Å²) in [6, 6.07) is 0. The van der Waals surface area contributed by atoms with E-state index in [0.717, 1.165) is 0 Å². The molecule has 13 heavy (non-hydrogen) atoms. The highest BCUT2D eigenvalue weighted by Crippen LogP contribution is 2.39. The lowest BCUT2D eigenvalue weighted by atomic mass is 9.91. The Hall–Kier alpha value is -0.840. The van der Waals surface area contributed by atoms with Gasteiger partial charge in [-0.15, -0.1) is 0 Å². The molecule has 1 rings (SSSR count). The first-order valence-electron chi connectivity index (χ1n) is 3.61. The maximum atomic E-state index is 13.0. The Kier molecular flexibility index (Phi) is 2.47. The van der Waals surface area contributed by atoms with Crippen molar-refractivity contribution in [1.82, 2.24) is 0 Å². The second-order valence-corrected chi connectivity index (χ2v) is 2.96. The second kappa shape index (κ2) is 3.14. The van der Waals surface area contributed by atoms with Gasteiger partial charge in [-0.2, -0.15) is 0 Å². The van der Waals surface area contributed by atoms with Crippen molar-refractivity contribution in [2.45, 2.75) is 18.8 Å². The van der Waals surface area contributed by atoms with E-state index >= 15 is 0 Å². The van der Waals surface area contributed by atoms with Gasteiger partial charge in [0, 0.05) is 5.57 Å². The first kappa shape index (κ1) is 10.2. The van der Waals surface area contributed by atoms with Crippen LogP contribution in [0.1, 0.15) is 6.92 Å². The summed E-state index contributed by atoms with van der Waals surface area (Å²) >= 11 is 0. The maximum Gasteiger partial charge on any atom is 0.196 e. The van der Waals surface area contributed by atoms with Crippen LogP contribution in [0, 0.1) is 0 Å². The summed E-state index contributed by atoms with van der Waals surface area (Å²) in [6.07, 6.45) is -2.20. The SMILES string of the molecule is CC1(F)C(F)=CC(CO)=C(F)C1F. The van der Waals surface area contributed by atoms with Crippen LogP contribution in [-0.2, 0) is 0 Å². The fraction of sp³-hybridized carbons (Fsp3) is 0.500. The van der Waals surface area contributed by atoms with Crippen LogP contribution in [0.5, 0.6) is 0 Å². The predicted octanol–water partition coefficient (Wildman–Crippen LogP) is 2.14. The highest BCUT2D eigenvalue weighted by molar-refractivity contribution is 5.37. The summed E-state index contributed by atoms with van der Waals surface area (Å²) < 4.78 is 51.4. The van der Waals surface area contributed by atoms with Crippen LogP contribution in [-0.4, -0.2) is 23.6 Å². The molecular weight excluding hydrogens is 188 g/mol. The fourth-order valence-corrected chi connectivity index (χ4v) is 1.01. The predicted molar refractivity (Wildman–Crippen MR) is 38.8 cm³/mol. The van der Waals surface area contributed by atoms with E-state index in [1.54, 1.807) is 0 Å². The van der Waals surface area contributed by atoms with Crippen LogP contribution in [0.3, 0.4) is 0 Å². The van der Waals surface area contributed by atoms with Crippen LogP contribution >= 0.6 is 0 Å². The summed E-state index contributed by atoms with van der Waals surface area (Å²) in [5.41, 5.74) is -3.52. The number of hydrogen-bond acceptors (Lipinski definition) is 1. The summed E-state index contributed by atoms with van der Waals surface area (Å²) in [5.74, 6) is -2.86. The first-order chi connectivity index (χ1) is 5.91. The molecule has 5 heteroatoms. The van der Waals surface area contributed by atoms with Gasteiger partial charge in [0.2, 0.25) is 0 Å². The van der Waals surface area contributed by atoms with Crippen molar-refractivity contribution in [2.24, 2.45) is 0 Å². The molecule has 1 aliphatic rings. The average Bonchev–Trinajstić information content (AvgIpc) is 2.09. The minimum Gasteiger partial charge on any atom is -0.392 e. The maximum absolute atomic E-state index is 13.0. The Morgan fingerprint density at radius 1 is 1.54 bits per heavy atom. The van der Waals surface area contributed by atoms with Crippen molar-refractivity contribution in [1.29, 1.82) is 0 Å². The second-order valence-electron chi connectivity index (χ2n) is 2.96. The minimum atomic E-state index is -2.97. The highest BCUT2D eigenvalue weighted by atomic mass is 19.2. The van der Waals surface area contributed by atoms with Crippen LogP contribution < -0.4 is 0 Å². The van der Waals surface area contributed by atoms with Gasteiger partial charge in [0.05, 0.1) is 6.61 Å². The van der Waals surface area contributed by atoms with Crippen LogP contribution in [0.4, 0.5) is 17.6 Å². The van der Waals surface area contributed by atoms with Gasteiger partial charge in [-0.25, -0.2) is 17.6 Å². The van der Waals surface area contributed by atoms with Crippen molar-refractivity contribution in [2.75, 3.05) is 6.61 Å². The van der Waals surface area contributed by atoms with Gasteiger partial charge in [-0.05, 0) is 13.0 Å². The molecule has 2 unspecified atom stereocenters. The van der Waals surface area contributed by atoms with Gasteiger partial charge >= 0.3 is 0 Å². The number of halogens is 4. The van der Waals surface area contributed by atoms with Gasteiger partial charge in [-0.1, -0.05) is 0 Å². The Morgan fingerprint density at radius 3 is 2.54 bits per heavy atom. The molecule has 0 aliphatic heterocycles. The molecule has 0 aromatic carbocycles. The third kappa shape index (κ3) is 1.48. The van der Waals surface area contributed by atoms with Crippen molar-refractivity contribution < 1.29 is 22.7 Å². The zero-order chi connectivity index (χ0) is 10.2. The van der Waals surface area contributed by atoms with E-state index in [4.69, 9.17) is 5.11 Å². The van der Waals surface area contributed by atoms with E-state index in [1.807, 2.05) is 0 Å². The Labute approximate surface area is 72.4 Å². The van der Waals surface area contributed by atoms with Gasteiger partial charge in [0.1, 0.15) is 11.7 Å². The van der Waals surface area contributed by atoms with E-state index in [0.29, 0.717) is 13.0 Å². The Balaban J connectivity index is 3.15. The van der Waals surface area contributed by atoms with E-state index in [-0.39, 0.29) is 0 Å². The normalized spacial score (nSPS) is 34.9. The van der Waals surface area contributed by atoms with Crippen molar-refractivity contribution in [3.8, 4) is 0 Å². The standard InChI is InChI=1S/C8H8F4O/c1-8(12)5(9)2-4(3-13)6(10)7(8)11/h2,7,13H,3H2,1H3. The zero-order valence-corrected chi connectivity index (χ0v) is 6.82. The molecule has 0 saturated carbocycles. The molecular formula is C8H8F4O.